The molecule has 1 heterocycles. The predicted octanol–water partition coefficient (Wildman–Crippen LogP) is 3.11. The Labute approximate surface area is 162 Å². The average Bonchev–Trinajstić information content (AvgIpc) is 3.05. The van der Waals surface area contributed by atoms with Crippen LogP contribution in [0, 0.1) is 13.8 Å². The average molecular weight is 401 g/mol. The molecule has 8 nitrogen and oxygen atoms in total. The number of hydrogen-bond acceptors (Lipinski definition) is 6. The molecular weight excluding hydrogens is 382 g/mol. The van der Waals surface area contributed by atoms with Gasteiger partial charge in [0.2, 0.25) is 0 Å². The third-order valence-corrected chi connectivity index (χ3v) is 5.14. The van der Waals surface area contributed by atoms with E-state index in [-0.39, 0.29) is 23.2 Å². The zero-order chi connectivity index (χ0) is 20.1. The Balaban J connectivity index is 1.59. The summed E-state index contributed by atoms with van der Waals surface area (Å²) in [6, 6.07) is 14.6. The van der Waals surface area contributed by atoms with Gasteiger partial charge in [-0.3, -0.25) is 9.52 Å². The number of anilines is 2. The van der Waals surface area contributed by atoms with E-state index in [1.54, 1.807) is 13.0 Å². The number of hydrogen-bond donors (Lipinski definition) is 2. The number of carbonyl (C=O) groups is 1. The van der Waals surface area contributed by atoms with Crippen molar-refractivity contribution in [3.8, 4) is 5.75 Å². The molecule has 3 aromatic rings. The highest BCUT2D eigenvalue weighted by atomic mass is 32.2. The van der Waals surface area contributed by atoms with Crippen molar-refractivity contribution < 1.29 is 22.5 Å². The fraction of sp³-hybridized carbons (Fsp3) is 0.158. The van der Waals surface area contributed by atoms with E-state index in [4.69, 9.17) is 9.26 Å². The fourth-order valence-electron chi connectivity index (χ4n) is 2.39. The monoisotopic (exact) mass is 401 g/mol. The highest BCUT2D eigenvalue weighted by Gasteiger charge is 2.16. The normalized spacial score (nSPS) is 11.1. The van der Waals surface area contributed by atoms with Gasteiger partial charge in [-0.2, -0.15) is 0 Å². The number of rotatable bonds is 7. The molecule has 0 atom stereocenters. The quantitative estimate of drug-likeness (QED) is 0.629. The van der Waals surface area contributed by atoms with E-state index in [9.17, 15) is 13.2 Å². The standard InChI is InChI=1S/C19H19N3O5S/c1-13-5-3-4-6-17(13)26-12-19(23)20-15-7-9-16(10-8-15)28(24,25)22-18-11-14(2)27-21-18/h3-11H,12H2,1-2H3,(H,20,23)(H,21,22). The predicted molar refractivity (Wildman–Crippen MR) is 104 cm³/mol. The van der Waals surface area contributed by atoms with Gasteiger partial charge in [0.05, 0.1) is 4.90 Å². The second kappa shape index (κ2) is 8.13. The van der Waals surface area contributed by atoms with E-state index in [1.807, 2.05) is 25.1 Å². The van der Waals surface area contributed by atoms with Crippen molar-refractivity contribution >= 4 is 27.4 Å². The van der Waals surface area contributed by atoms with Crippen LogP contribution in [0.2, 0.25) is 0 Å². The van der Waals surface area contributed by atoms with E-state index < -0.39 is 10.0 Å². The first-order chi connectivity index (χ1) is 13.3. The van der Waals surface area contributed by atoms with Crippen LogP contribution in [0.1, 0.15) is 11.3 Å². The molecule has 0 unspecified atom stereocenters. The summed E-state index contributed by atoms with van der Waals surface area (Å²) in [5.41, 5.74) is 1.38. The smallest absolute Gasteiger partial charge is 0.263 e. The lowest BCUT2D eigenvalue weighted by Crippen LogP contribution is -2.20. The van der Waals surface area contributed by atoms with E-state index >= 15 is 0 Å². The van der Waals surface area contributed by atoms with Crippen LogP contribution in [-0.2, 0) is 14.8 Å². The number of amides is 1. The van der Waals surface area contributed by atoms with Crippen LogP contribution < -0.4 is 14.8 Å². The maximum Gasteiger partial charge on any atom is 0.263 e. The summed E-state index contributed by atoms with van der Waals surface area (Å²) in [4.78, 5) is 12.1. The third kappa shape index (κ3) is 4.89. The molecule has 0 fully saturated rings. The van der Waals surface area contributed by atoms with E-state index in [0.717, 1.165) is 5.56 Å². The number of aryl methyl sites for hydroxylation is 2. The number of nitrogens with one attached hydrogen (secondary N) is 2. The molecule has 28 heavy (non-hydrogen) atoms. The maximum absolute atomic E-state index is 12.3. The molecule has 0 saturated carbocycles. The summed E-state index contributed by atoms with van der Waals surface area (Å²) in [5.74, 6) is 0.871. The second-order valence-electron chi connectivity index (χ2n) is 6.06. The van der Waals surface area contributed by atoms with Gasteiger partial charge in [0.25, 0.3) is 15.9 Å². The molecule has 9 heteroatoms. The zero-order valence-corrected chi connectivity index (χ0v) is 16.1. The van der Waals surface area contributed by atoms with E-state index in [1.165, 1.54) is 30.3 Å². The molecule has 0 aliphatic carbocycles. The van der Waals surface area contributed by atoms with Crippen LogP contribution in [-0.4, -0.2) is 26.1 Å². The Morgan fingerprint density at radius 3 is 2.46 bits per heavy atom. The Morgan fingerprint density at radius 1 is 1.11 bits per heavy atom. The van der Waals surface area contributed by atoms with Gasteiger partial charge in [0.15, 0.2) is 12.4 Å². The van der Waals surface area contributed by atoms with Crippen molar-refractivity contribution in [2.24, 2.45) is 0 Å². The molecule has 0 spiro atoms. The zero-order valence-electron chi connectivity index (χ0n) is 15.3. The Kier molecular flexibility index (Phi) is 5.65. The number of para-hydroxylation sites is 1. The molecule has 1 aromatic heterocycles. The van der Waals surface area contributed by atoms with Gasteiger partial charge in [-0.15, -0.1) is 0 Å². The first-order valence-corrected chi connectivity index (χ1v) is 9.86. The number of carbonyl (C=O) groups excluding carboxylic acids is 1. The van der Waals surface area contributed by atoms with Gasteiger partial charge in [-0.25, -0.2) is 8.42 Å². The fourth-order valence-corrected chi connectivity index (χ4v) is 3.37. The molecule has 0 aliphatic heterocycles. The molecule has 0 bridgehead atoms. The van der Waals surface area contributed by atoms with Crippen molar-refractivity contribution in [2.75, 3.05) is 16.6 Å². The second-order valence-corrected chi connectivity index (χ2v) is 7.74. The molecule has 3 rings (SSSR count). The number of benzene rings is 2. The third-order valence-electron chi connectivity index (χ3n) is 3.77. The van der Waals surface area contributed by atoms with Crippen molar-refractivity contribution in [1.29, 1.82) is 0 Å². The topological polar surface area (TPSA) is 111 Å². The van der Waals surface area contributed by atoms with Gasteiger partial charge < -0.3 is 14.6 Å². The van der Waals surface area contributed by atoms with Crippen molar-refractivity contribution in [3.05, 3.63) is 65.9 Å². The molecule has 2 N–H and O–H groups in total. The number of ether oxygens (including phenoxy) is 1. The van der Waals surface area contributed by atoms with Crippen molar-refractivity contribution in [3.63, 3.8) is 0 Å². The lowest BCUT2D eigenvalue weighted by molar-refractivity contribution is -0.118. The van der Waals surface area contributed by atoms with E-state index in [2.05, 4.69) is 15.2 Å². The Morgan fingerprint density at radius 2 is 1.82 bits per heavy atom. The van der Waals surface area contributed by atoms with Crippen LogP contribution in [0.25, 0.3) is 0 Å². The van der Waals surface area contributed by atoms with Gasteiger partial charge in [0.1, 0.15) is 11.5 Å². The molecule has 0 radical (unpaired) electrons. The number of nitrogens with zero attached hydrogens (tertiary/aromatic N) is 1. The first-order valence-electron chi connectivity index (χ1n) is 8.38. The lowest BCUT2D eigenvalue weighted by Gasteiger charge is -2.10. The number of aromatic nitrogens is 1. The largest absolute Gasteiger partial charge is 0.483 e. The van der Waals surface area contributed by atoms with Gasteiger partial charge in [0, 0.05) is 11.8 Å². The minimum absolute atomic E-state index is 0.0299. The summed E-state index contributed by atoms with van der Waals surface area (Å²) in [5, 5.41) is 6.26. The minimum atomic E-state index is -3.81. The van der Waals surface area contributed by atoms with Gasteiger partial charge >= 0.3 is 0 Å². The Bertz CT molecular complexity index is 1070. The summed E-state index contributed by atoms with van der Waals surface area (Å²) in [6.45, 7) is 3.39. The van der Waals surface area contributed by atoms with Crippen LogP contribution in [0.15, 0.2) is 64.0 Å². The molecule has 0 aliphatic rings. The minimum Gasteiger partial charge on any atom is -0.483 e. The first kappa shape index (κ1) is 19.4. The van der Waals surface area contributed by atoms with Crippen LogP contribution in [0.4, 0.5) is 11.5 Å². The van der Waals surface area contributed by atoms with Crippen molar-refractivity contribution in [2.45, 2.75) is 18.7 Å². The summed E-state index contributed by atoms with van der Waals surface area (Å²) in [7, 11) is -3.81. The summed E-state index contributed by atoms with van der Waals surface area (Å²) < 4.78 is 37.3. The SMILES string of the molecule is Cc1cc(NS(=O)(=O)c2ccc(NC(=O)COc3ccccc3C)cc2)no1. The molecule has 146 valence electrons. The summed E-state index contributed by atoms with van der Waals surface area (Å²) in [6.07, 6.45) is 0. The maximum atomic E-state index is 12.3. The van der Waals surface area contributed by atoms with Crippen LogP contribution in [0.3, 0.4) is 0 Å². The summed E-state index contributed by atoms with van der Waals surface area (Å²) >= 11 is 0. The van der Waals surface area contributed by atoms with Crippen LogP contribution in [0.5, 0.6) is 5.75 Å². The lowest BCUT2D eigenvalue weighted by atomic mass is 10.2. The van der Waals surface area contributed by atoms with Crippen LogP contribution >= 0.6 is 0 Å². The molecule has 1 amide bonds. The van der Waals surface area contributed by atoms with Gasteiger partial charge in [-0.1, -0.05) is 23.4 Å². The highest BCUT2D eigenvalue weighted by Crippen LogP contribution is 2.19. The molecule has 2 aromatic carbocycles. The van der Waals surface area contributed by atoms with E-state index in [0.29, 0.717) is 17.2 Å². The van der Waals surface area contributed by atoms with Gasteiger partial charge in [-0.05, 0) is 49.7 Å². The Hall–Kier alpha value is -3.33. The number of sulfonamides is 1. The van der Waals surface area contributed by atoms with Crippen molar-refractivity contribution in [1.82, 2.24) is 5.16 Å². The molecular formula is C19H19N3O5S. The highest BCUT2D eigenvalue weighted by molar-refractivity contribution is 7.92. The molecule has 0 saturated heterocycles.